The van der Waals surface area contributed by atoms with Crippen molar-refractivity contribution in [3.05, 3.63) is 106 Å². The van der Waals surface area contributed by atoms with Crippen LogP contribution < -0.4 is 5.32 Å². The van der Waals surface area contributed by atoms with Crippen molar-refractivity contribution in [3.63, 3.8) is 0 Å². The third kappa shape index (κ3) is 10.5. The van der Waals surface area contributed by atoms with Gasteiger partial charge in [-0.2, -0.15) is 18.2 Å². The van der Waals surface area contributed by atoms with E-state index in [0.717, 1.165) is 6.42 Å². The predicted molar refractivity (Wildman–Crippen MR) is 181 cm³/mol. The Hall–Kier alpha value is -4.46. The molecule has 2 fully saturated rings. The maximum atomic E-state index is 14.2. The standard InChI is InChI=1S/C30H38FN4O6.C6H4NO2.Tc/c1-4-7-13-32-14-9-12-26(36)35-18-22(41-29(39)34-17-20-10-8-11-24(31)23(20)19-34)15-25(35)27(37)33-30(16-21(30)5-2)28(38)40-6-3;8-7(9)6-4-2-1-3-5-6;/h4-5,8,10-11,21-22,25H,1-2,6-7,9,12-19H2,3H3,(H,33,37);1-4H;/q2*-1;/t21-,22-,25+,30-;;/m1../s1. The van der Waals surface area contributed by atoms with Gasteiger partial charge in [0.15, 0.2) is 5.69 Å². The van der Waals surface area contributed by atoms with Crippen molar-refractivity contribution in [1.29, 1.82) is 0 Å². The van der Waals surface area contributed by atoms with Crippen LogP contribution in [0.25, 0.3) is 5.32 Å². The van der Waals surface area contributed by atoms with E-state index in [-0.39, 0.29) is 82.5 Å². The topological polar surface area (TPSA) is 162 Å². The van der Waals surface area contributed by atoms with Gasteiger partial charge in [0.25, 0.3) is 0 Å². The Balaban J connectivity index is 0.000000611. The fourth-order valence-corrected chi connectivity index (χ4v) is 5.98. The summed E-state index contributed by atoms with van der Waals surface area (Å²) in [5.41, 5.74) is -0.0360. The Kier molecular flexibility index (Phi) is 15.4. The van der Waals surface area contributed by atoms with E-state index < -0.39 is 40.6 Å². The van der Waals surface area contributed by atoms with E-state index >= 15 is 0 Å². The summed E-state index contributed by atoms with van der Waals surface area (Å²) in [5.74, 6) is -1.98. The molecule has 2 heterocycles. The number of esters is 1. The maximum absolute atomic E-state index is 14.2. The summed E-state index contributed by atoms with van der Waals surface area (Å²) in [5, 5.41) is 17.2. The van der Waals surface area contributed by atoms with Crippen molar-refractivity contribution in [1.82, 2.24) is 15.1 Å². The Morgan fingerprint density at radius 3 is 2.57 bits per heavy atom. The molecule has 4 atom stereocenters. The number of carbonyl (C=O) groups excluding carboxylic acids is 4. The molecule has 1 saturated heterocycles. The van der Waals surface area contributed by atoms with Gasteiger partial charge in [-0.3, -0.25) is 24.6 Å². The number of hydrogen-bond donors (Lipinski definition) is 1. The number of halogens is 1. The molecule has 2 aromatic rings. The number of para-hydroxylation sites is 1. The summed E-state index contributed by atoms with van der Waals surface area (Å²) in [4.78, 5) is 64.8. The third-order valence-electron chi connectivity index (χ3n) is 8.71. The van der Waals surface area contributed by atoms with Gasteiger partial charge in [0.05, 0.1) is 19.7 Å². The zero-order chi connectivity index (χ0) is 36.3. The van der Waals surface area contributed by atoms with E-state index in [9.17, 15) is 33.7 Å². The molecule has 0 aromatic heterocycles. The molecular formula is C36H42FN5O8Tc-2. The van der Waals surface area contributed by atoms with Gasteiger partial charge < -0.3 is 25.0 Å². The van der Waals surface area contributed by atoms with Crippen molar-refractivity contribution in [2.75, 3.05) is 26.2 Å². The van der Waals surface area contributed by atoms with Gasteiger partial charge >= 0.3 is 12.1 Å². The number of hydrogen-bond acceptors (Lipinski definition) is 8. The Labute approximate surface area is 310 Å². The van der Waals surface area contributed by atoms with Crippen LogP contribution in [0, 0.1) is 27.9 Å². The number of nitrogens with one attached hydrogen (secondary N) is 1. The first-order chi connectivity index (χ1) is 24.0. The monoisotopic (exact) mass is 788 g/mol. The van der Waals surface area contributed by atoms with Crippen LogP contribution in [0.2, 0.25) is 0 Å². The van der Waals surface area contributed by atoms with Crippen LogP contribution in [-0.4, -0.2) is 82.5 Å². The molecule has 13 nitrogen and oxygen atoms in total. The van der Waals surface area contributed by atoms with Gasteiger partial charge in [-0.15, -0.1) is 32.3 Å². The molecule has 3 aliphatic rings. The first-order valence-corrected chi connectivity index (χ1v) is 16.5. The van der Waals surface area contributed by atoms with Gasteiger partial charge in [0, 0.05) is 55.9 Å². The van der Waals surface area contributed by atoms with Crippen LogP contribution in [-0.2, 0) is 57.1 Å². The minimum atomic E-state index is -1.21. The third-order valence-corrected chi connectivity index (χ3v) is 8.71. The number of benzene rings is 2. The minimum Gasteiger partial charge on any atom is -0.662 e. The number of non-ortho nitro benzene ring substituents is 1. The number of amides is 3. The molecule has 2 aliphatic heterocycles. The van der Waals surface area contributed by atoms with E-state index in [2.05, 4.69) is 29.9 Å². The zero-order valence-corrected chi connectivity index (χ0v) is 30.3. The van der Waals surface area contributed by atoms with Crippen LogP contribution in [0.4, 0.5) is 14.9 Å². The molecule has 0 spiro atoms. The number of ether oxygens (including phenoxy) is 2. The number of carbonyl (C=O) groups is 4. The SMILES string of the molecule is C=CCC[N-]CCCC(=O)N1C[C@H](OC(=O)N2Cc3cccc(F)c3C2)C[C@H]1C(=O)N[C@]1(C(=O)OCC)C[C@H]1C=C.O=[N+]([O-])c1[c-]cccc1.[Tc]. The fourth-order valence-electron chi connectivity index (χ4n) is 5.98. The molecule has 1 aliphatic carbocycles. The molecule has 5 rings (SSSR count). The molecule has 2 aromatic carbocycles. The van der Waals surface area contributed by atoms with Crippen molar-refractivity contribution in [2.45, 2.75) is 69.8 Å². The number of nitro benzene ring substituents is 1. The van der Waals surface area contributed by atoms with Crippen LogP contribution in [0.3, 0.4) is 0 Å². The van der Waals surface area contributed by atoms with Crippen LogP contribution in [0.15, 0.2) is 67.8 Å². The summed E-state index contributed by atoms with van der Waals surface area (Å²) in [6.07, 6.45) is 3.86. The maximum Gasteiger partial charge on any atom is 0.410 e. The molecule has 3 amide bonds. The van der Waals surface area contributed by atoms with E-state index in [1.807, 2.05) is 0 Å². The van der Waals surface area contributed by atoms with Gasteiger partial charge in [0.1, 0.15) is 23.5 Å². The van der Waals surface area contributed by atoms with E-state index in [1.54, 1.807) is 43.3 Å². The molecule has 1 N–H and O–H groups in total. The molecule has 1 saturated carbocycles. The molecule has 0 unspecified atom stereocenters. The predicted octanol–water partition coefficient (Wildman–Crippen LogP) is 4.99. The van der Waals surface area contributed by atoms with Crippen molar-refractivity contribution < 1.29 is 58.1 Å². The van der Waals surface area contributed by atoms with Crippen LogP contribution in [0.5, 0.6) is 0 Å². The van der Waals surface area contributed by atoms with Gasteiger partial charge in [-0.1, -0.05) is 43.2 Å². The van der Waals surface area contributed by atoms with Crippen molar-refractivity contribution in [3.8, 4) is 0 Å². The average Bonchev–Trinajstić information content (AvgIpc) is 3.40. The molecule has 51 heavy (non-hydrogen) atoms. The quantitative estimate of drug-likeness (QED) is 0.0699. The number of fused-ring (bicyclic) bond motifs is 1. The Morgan fingerprint density at radius 2 is 1.96 bits per heavy atom. The Bertz CT molecular complexity index is 1580. The molecule has 1 radical (unpaired) electrons. The second kappa shape index (κ2) is 19.2. The largest absolute Gasteiger partial charge is 0.662 e. The minimum absolute atomic E-state index is 0. The van der Waals surface area contributed by atoms with Crippen LogP contribution >= 0.6 is 0 Å². The molecule has 0 bridgehead atoms. The number of rotatable bonds is 14. The number of nitrogens with zero attached hydrogens (tertiary/aromatic N) is 4. The number of likely N-dealkylation sites (tertiary alicyclic amines) is 1. The molecule has 15 heteroatoms. The second-order valence-corrected chi connectivity index (χ2v) is 12.1. The normalized spacial score (nSPS) is 21.2. The number of nitro groups is 1. The Morgan fingerprint density at radius 1 is 1.18 bits per heavy atom. The summed E-state index contributed by atoms with van der Waals surface area (Å²) >= 11 is 0. The van der Waals surface area contributed by atoms with Crippen molar-refractivity contribution in [2.24, 2.45) is 5.92 Å². The smallest absolute Gasteiger partial charge is 0.410 e. The first-order valence-electron chi connectivity index (χ1n) is 16.5. The van der Waals surface area contributed by atoms with E-state index in [1.165, 1.54) is 28.0 Å². The van der Waals surface area contributed by atoms with E-state index in [4.69, 9.17) is 9.47 Å². The second-order valence-electron chi connectivity index (χ2n) is 12.1. The van der Waals surface area contributed by atoms with Gasteiger partial charge in [0.2, 0.25) is 11.8 Å². The fraction of sp³-hybridized carbons (Fsp3) is 0.444. The van der Waals surface area contributed by atoms with Gasteiger partial charge in [-0.25, -0.2) is 14.0 Å². The van der Waals surface area contributed by atoms with Crippen LogP contribution in [0.1, 0.15) is 50.2 Å². The van der Waals surface area contributed by atoms with Gasteiger partial charge in [-0.05, 0) is 25.0 Å². The average molecular weight is 790 g/mol. The first kappa shape index (κ1) is 41.0. The summed E-state index contributed by atoms with van der Waals surface area (Å²) < 4.78 is 25.1. The summed E-state index contributed by atoms with van der Waals surface area (Å²) in [6, 6.07) is 12.4. The van der Waals surface area contributed by atoms with E-state index in [0.29, 0.717) is 37.1 Å². The molecular weight excluding hydrogens is 747 g/mol. The molecule has 275 valence electrons. The summed E-state index contributed by atoms with van der Waals surface area (Å²) in [6.45, 7) is 10.7. The summed E-state index contributed by atoms with van der Waals surface area (Å²) in [7, 11) is 0. The zero-order valence-electron chi connectivity index (χ0n) is 28.4. The van der Waals surface area contributed by atoms with Crippen molar-refractivity contribution >= 4 is 29.6 Å².